The van der Waals surface area contributed by atoms with Gasteiger partial charge in [0.2, 0.25) is 0 Å². The molecule has 0 aromatic carbocycles. The van der Waals surface area contributed by atoms with Crippen molar-refractivity contribution in [3.8, 4) is 0 Å². The van der Waals surface area contributed by atoms with E-state index in [1.807, 2.05) is 12.1 Å². The fourth-order valence-electron chi connectivity index (χ4n) is 1.36. The molecule has 0 bridgehead atoms. The highest BCUT2D eigenvalue weighted by Gasteiger charge is 2.04. The van der Waals surface area contributed by atoms with Crippen LogP contribution in [0.1, 0.15) is 16.0 Å². The van der Waals surface area contributed by atoms with E-state index in [9.17, 15) is 0 Å². The molecule has 3 heteroatoms. The molecule has 2 heterocycles. The number of thiophene rings is 1. The van der Waals surface area contributed by atoms with Gasteiger partial charge in [-0.25, -0.2) is 4.98 Å². The normalized spacial score (nSPS) is 10.4. The number of anilines is 1. The highest BCUT2D eigenvalue weighted by molar-refractivity contribution is 7.10. The summed E-state index contributed by atoms with van der Waals surface area (Å²) < 4.78 is 0. The zero-order chi connectivity index (χ0) is 9.97. The number of nitrogen functional groups attached to an aromatic ring is 1. The van der Waals surface area contributed by atoms with Crippen LogP contribution >= 0.6 is 11.3 Å². The molecular formula is C11H12N2S. The Kier molecular flexibility index (Phi) is 2.50. The number of aryl methyl sites for hydroxylation is 1. The van der Waals surface area contributed by atoms with E-state index in [0.29, 0.717) is 5.82 Å². The van der Waals surface area contributed by atoms with E-state index >= 15 is 0 Å². The number of pyridine rings is 1. The van der Waals surface area contributed by atoms with Crippen molar-refractivity contribution >= 4 is 17.2 Å². The Morgan fingerprint density at radius 2 is 2.29 bits per heavy atom. The number of rotatable bonds is 2. The van der Waals surface area contributed by atoms with Crippen molar-refractivity contribution in [2.24, 2.45) is 0 Å². The molecule has 2 aromatic heterocycles. The van der Waals surface area contributed by atoms with E-state index in [-0.39, 0.29) is 0 Å². The predicted octanol–water partition coefficient (Wildman–Crippen LogP) is 2.62. The minimum atomic E-state index is 0.639. The summed E-state index contributed by atoms with van der Waals surface area (Å²) in [6.07, 6.45) is 2.61. The van der Waals surface area contributed by atoms with Crippen LogP contribution in [0.2, 0.25) is 0 Å². The summed E-state index contributed by atoms with van der Waals surface area (Å²) >= 11 is 1.77. The fraction of sp³-hybridized carbons (Fsp3) is 0.182. The molecule has 2 nitrogen and oxygen atoms in total. The van der Waals surface area contributed by atoms with Crippen molar-refractivity contribution < 1.29 is 0 Å². The molecule has 0 fully saturated rings. The average molecular weight is 204 g/mol. The maximum atomic E-state index is 5.78. The van der Waals surface area contributed by atoms with E-state index in [1.165, 1.54) is 10.4 Å². The zero-order valence-corrected chi connectivity index (χ0v) is 8.84. The average Bonchev–Trinajstić information content (AvgIpc) is 2.56. The van der Waals surface area contributed by atoms with E-state index in [0.717, 1.165) is 12.0 Å². The molecule has 0 radical (unpaired) electrons. The summed E-state index contributed by atoms with van der Waals surface area (Å²) in [6, 6.07) is 6.09. The minimum Gasteiger partial charge on any atom is -0.383 e. The molecule has 0 aliphatic carbocycles. The van der Waals surface area contributed by atoms with Crippen molar-refractivity contribution in [2.75, 3.05) is 5.73 Å². The Morgan fingerprint density at radius 1 is 1.43 bits per heavy atom. The molecule has 2 rings (SSSR count). The number of nitrogens with zero attached hydrogens (tertiary/aromatic N) is 1. The lowest BCUT2D eigenvalue weighted by molar-refractivity contribution is 1.17. The SMILES string of the molecule is Cc1ccsc1Cc1cccnc1N. The Morgan fingerprint density at radius 3 is 2.93 bits per heavy atom. The van der Waals surface area contributed by atoms with Crippen LogP contribution in [0.3, 0.4) is 0 Å². The lowest BCUT2D eigenvalue weighted by Gasteiger charge is -2.03. The van der Waals surface area contributed by atoms with Crippen LogP contribution < -0.4 is 5.73 Å². The Bertz CT molecular complexity index is 434. The van der Waals surface area contributed by atoms with Crippen LogP contribution in [0.4, 0.5) is 5.82 Å². The first-order valence-corrected chi connectivity index (χ1v) is 5.37. The van der Waals surface area contributed by atoms with Gasteiger partial charge in [0.05, 0.1) is 0 Å². The standard InChI is InChI=1S/C11H12N2S/c1-8-4-6-14-10(8)7-9-3-2-5-13-11(9)12/h2-6H,7H2,1H3,(H2,12,13). The second-order valence-electron chi connectivity index (χ2n) is 3.25. The van der Waals surface area contributed by atoms with Crippen molar-refractivity contribution in [1.82, 2.24) is 4.98 Å². The van der Waals surface area contributed by atoms with Crippen LogP contribution in [0.5, 0.6) is 0 Å². The molecule has 0 unspecified atom stereocenters. The summed E-state index contributed by atoms with van der Waals surface area (Å²) in [7, 11) is 0. The molecule has 14 heavy (non-hydrogen) atoms. The summed E-state index contributed by atoms with van der Waals surface area (Å²) in [5.41, 5.74) is 8.22. The predicted molar refractivity (Wildman–Crippen MR) is 60.5 cm³/mol. The molecule has 0 spiro atoms. The first kappa shape index (κ1) is 9.21. The van der Waals surface area contributed by atoms with Crippen LogP contribution in [-0.2, 0) is 6.42 Å². The van der Waals surface area contributed by atoms with E-state index in [2.05, 4.69) is 23.4 Å². The summed E-state index contributed by atoms with van der Waals surface area (Å²) in [4.78, 5) is 5.44. The second kappa shape index (κ2) is 3.80. The third kappa shape index (κ3) is 1.77. The van der Waals surface area contributed by atoms with Gasteiger partial charge in [0.25, 0.3) is 0 Å². The number of nitrogens with two attached hydrogens (primary N) is 1. The lowest BCUT2D eigenvalue weighted by Crippen LogP contribution is -1.97. The van der Waals surface area contributed by atoms with Crippen molar-refractivity contribution in [3.63, 3.8) is 0 Å². The zero-order valence-electron chi connectivity index (χ0n) is 8.03. The molecule has 2 N–H and O–H groups in total. The van der Waals surface area contributed by atoms with Gasteiger partial charge in [0, 0.05) is 17.5 Å². The van der Waals surface area contributed by atoms with Crippen molar-refractivity contribution in [3.05, 3.63) is 45.8 Å². The maximum absolute atomic E-state index is 5.78. The quantitative estimate of drug-likeness (QED) is 0.816. The van der Waals surface area contributed by atoms with Crippen LogP contribution in [-0.4, -0.2) is 4.98 Å². The van der Waals surface area contributed by atoms with E-state index in [4.69, 9.17) is 5.73 Å². The van der Waals surface area contributed by atoms with Gasteiger partial charge >= 0.3 is 0 Å². The van der Waals surface area contributed by atoms with Gasteiger partial charge in [0.15, 0.2) is 0 Å². The first-order valence-electron chi connectivity index (χ1n) is 4.49. The summed E-state index contributed by atoms with van der Waals surface area (Å²) in [5, 5.41) is 2.11. The molecule has 0 atom stereocenters. The molecule has 0 aliphatic heterocycles. The Balaban J connectivity index is 2.28. The van der Waals surface area contributed by atoms with Crippen LogP contribution in [0.15, 0.2) is 29.8 Å². The van der Waals surface area contributed by atoms with Gasteiger partial charge in [-0.1, -0.05) is 6.07 Å². The Labute approximate surface area is 87.4 Å². The number of aromatic nitrogens is 1. The summed E-state index contributed by atoms with van der Waals surface area (Å²) in [6.45, 7) is 2.12. The Hall–Kier alpha value is -1.35. The largest absolute Gasteiger partial charge is 0.383 e. The number of hydrogen-bond donors (Lipinski definition) is 1. The third-order valence-electron chi connectivity index (χ3n) is 2.25. The molecule has 0 saturated carbocycles. The van der Waals surface area contributed by atoms with Gasteiger partial charge in [-0.05, 0) is 35.6 Å². The molecular weight excluding hydrogens is 192 g/mol. The molecule has 0 saturated heterocycles. The van der Waals surface area contributed by atoms with Gasteiger partial charge in [-0.15, -0.1) is 11.3 Å². The van der Waals surface area contributed by atoms with Crippen LogP contribution in [0, 0.1) is 6.92 Å². The first-order chi connectivity index (χ1) is 6.77. The lowest BCUT2D eigenvalue weighted by atomic mass is 10.1. The fourth-order valence-corrected chi connectivity index (χ4v) is 2.29. The third-order valence-corrected chi connectivity index (χ3v) is 3.27. The van der Waals surface area contributed by atoms with Gasteiger partial charge < -0.3 is 5.73 Å². The van der Waals surface area contributed by atoms with Crippen molar-refractivity contribution in [2.45, 2.75) is 13.3 Å². The highest BCUT2D eigenvalue weighted by Crippen LogP contribution is 2.21. The van der Waals surface area contributed by atoms with E-state index < -0.39 is 0 Å². The minimum absolute atomic E-state index is 0.639. The maximum Gasteiger partial charge on any atom is 0.126 e. The molecule has 0 aliphatic rings. The molecule has 0 amide bonds. The molecule has 2 aromatic rings. The van der Waals surface area contributed by atoms with Crippen molar-refractivity contribution in [1.29, 1.82) is 0 Å². The van der Waals surface area contributed by atoms with Gasteiger partial charge in [-0.2, -0.15) is 0 Å². The topological polar surface area (TPSA) is 38.9 Å². The summed E-state index contributed by atoms with van der Waals surface area (Å²) in [5.74, 6) is 0.639. The van der Waals surface area contributed by atoms with Gasteiger partial charge in [0.1, 0.15) is 5.82 Å². The smallest absolute Gasteiger partial charge is 0.126 e. The highest BCUT2D eigenvalue weighted by atomic mass is 32.1. The second-order valence-corrected chi connectivity index (χ2v) is 4.25. The van der Waals surface area contributed by atoms with Gasteiger partial charge in [-0.3, -0.25) is 0 Å². The molecule has 72 valence electrons. The van der Waals surface area contributed by atoms with Crippen LogP contribution in [0.25, 0.3) is 0 Å². The number of hydrogen-bond acceptors (Lipinski definition) is 3. The van der Waals surface area contributed by atoms with E-state index in [1.54, 1.807) is 17.5 Å². The monoisotopic (exact) mass is 204 g/mol.